The van der Waals surface area contributed by atoms with E-state index in [9.17, 15) is 14.7 Å². The topological polar surface area (TPSA) is 69.6 Å². The first-order valence-corrected chi connectivity index (χ1v) is 8.53. The molecule has 5 nitrogen and oxygen atoms in total. The zero-order valence-electron chi connectivity index (χ0n) is 16.2. The van der Waals surface area contributed by atoms with Crippen molar-refractivity contribution in [1.29, 1.82) is 0 Å². The van der Waals surface area contributed by atoms with Crippen LogP contribution < -0.4 is 5.43 Å². The summed E-state index contributed by atoms with van der Waals surface area (Å²) in [7, 11) is 0. The average molecular weight is 354 g/mol. The zero-order valence-corrected chi connectivity index (χ0v) is 16.2. The molecular weight excluding hydrogens is 328 g/mol. The number of aryl methyl sites for hydroxylation is 2. The molecule has 138 valence electrons. The van der Waals surface area contributed by atoms with Gasteiger partial charge in [0.25, 0.3) is 11.8 Å². The summed E-state index contributed by atoms with van der Waals surface area (Å²) in [4.78, 5) is 25.8. The highest BCUT2D eigenvalue weighted by Crippen LogP contribution is 2.21. The Morgan fingerprint density at radius 3 is 2.12 bits per heavy atom. The normalized spacial score (nSPS) is 11.2. The number of hydrazine groups is 1. The number of benzene rings is 2. The molecule has 0 saturated carbocycles. The molecule has 0 spiro atoms. The van der Waals surface area contributed by atoms with Gasteiger partial charge in [0.2, 0.25) is 0 Å². The largest absolute Gasteiger partial charge is 0.508 e. The maximum atomic E-state index is 13.1. The van der Waals surface area contributed by atoms with Crippen molar-refractivity contribution < 1.29 is 14.7 Å². The van der Waals surface area contributed by atoms with Gasteiger partial charge in [0.15, 0.2) is 0 Å². The van der Waals surface area contributed by atoms with Crippen molar-refractivity contribution in [2.75, 3.05) is 0 Å². The Morgan fingerprint density at radius 2 is 1.58 bits per heavy atom. The van der Waals surface area contributed by atoms with Gasteiger partial charge in [-0.2, -0.15) is 0 Å². The number of hydrogen-bond acceptors (Lipinski definition) is 3. The summed E-state index contributed by atoms with van der Waals surface area (Å²) < 4.78 is 0. The summed E-state index contributed by atoms with van der Waals surface area (Å²) in [6, 6.07) is 10.3. The van der Waals surface area contributed by atoms with Gasteiger partial charge in [-0.3, -0.25) is 15.0 Å². The van der Waals surface area contributed by atoms with Gasteiger partial charge in [-0.05, 0) is 65.8 Å². The minimum absolute atomic E-state index is 0.0422. The Balaban J connectivity index is 2.38. The van der Waals surface area contributed by atoms with Crippen LogP contribution in [0.2, 0.25) is 0 Å². The maximum Gasteiger partial charge on any atom is 0.272 e. The van der Waals surface area contributed by atoms with Crippen LogP contribution in [0.1, 0.15) is 58.2 Å². The molecule has 2 aromatic rings. The fourth-order valence-corrected chi connectivity index (χ4v) is 2.78. The molecule has 2 aromatic carbocycles. The molecule has 0 aliphatic rings. The SMILES string of the molecule is Cc1cc(C)cc(C(=O)N(NC(=O)c2cccc(O)c2C)C(C)(C)C)c1. The minimum atomic E-state index is -0.630. The third-order valence-corrected chi connectivity index (χ3v) is 4.11. The van der Waals surface area contributed by atoms with Gasteiger partial charge in [0.05, 0.1) is 5.54 Å². The predicted octanol–water partition coefficient (Wildman–Crippen LogP) is 3.90. The molecular formula is C21H26N2O3. The molecule has 0 unspecified atom stereocenters. The molecule has 0 bridgehead atoms. The van der Waals surface area contributed by atoms with Crippen LogP contribution in [0.3, 0.4) is 0 Å². The van der Waals surface area contributed by atoms with Crippen LogP contribution in [0.15, 0.2) is 36.4 Å². The monoisotopic (exact) mass is 354 g/mol. The first-order chi connectivity index (χ1) is 12.0. The minimum Gasteiger partial charge on any atom is -0.508 e. The Kier molecular flexibility index (Phi) is 5.40. The number of carbonyl (C=O) groups is 2. The first-order valence-electron chi connectivity index (χ1n) is 8.53. The van der Waals surface area contributed by atoms with Crippen molar-refractivity contribution >= 4 is 11.8 Å². The van der Waals surface area contributed by atoms with Gasteiger partial charge in [0, 0.05) is 16.7 Å². The molecule has 26 heavy (non-hydrogen) atoms. The van der Waals surface area contributed by atoms with Crippen molar-refractivity contribution in [3.8, 4) is 5.75 Å². The second-order valence-corrected chi connectivity index (χ2v) is 7.58. The number of nitrogens with zero attached hydrogens (tertiary/aromatic N) is 1. The number of amides is 2. The lowest BCUT2D eigenvalue weighted by Gasteiger charge is -2.35. The standard InChI is InChI=1S/C21H26N2O3/c1-13-10-14(2)12-16(11-13)20(26)23(21(4,5)6)22-19(25)17-8-7-9-18(24)15(17)3/h7-12,24H,1-6H3,(H,22,25). The van der Waals surface area contributed by atoms with Gasteiger partial charge >= 0.3 is 0 Å². The van der Waals surface area contributed by atoms with Gasteiger partial charge < -0.3 is 5.11 Å². The molecule has 0 aliphatic heterocycles. The van der Waals surface area contributed by atoms with Crippen LogP contribution in [0, 0.1) is 20.8 Å². The molecule has 2 amide bonds. The Hall–Kier alpha value is -2.82. The highest BCUT2D eigenvalue weighted by molar-refractivity contribution is 6.00. The molecule has 0 heterocycles. The Morgan fingerprint density at radius 1 is 1.00 bits per heavy atom. The maximum absolute atomic E-state index is 13.1. The quantitative estimate of drug-likeness (QED) is 0.804. The van der Waals surface area contributed by atoms with E-state index in [0.717, 1.165) is 11.1 Å². The van der Waals surface area contributed by atoms with Crippen molar-refractivity contribution in [1.82, 2.24) is 10.4 Å². The number of phenols is 1. The fraction of sp³-hybridized carbons (Fsp3) is 0.333. The van der Waals surface area contributed by atoms with E-state index in [4.69, 9.17) is 0 Å². The van der Waals surface area contributed by atoms with Crippen molar-refractivity contribution in [2.24, 2.45) is 0 Å². The molecule has 0 aromatic heterocycles. The molecule has 0 saturated heterocycles. The summed E-state index contributed by atoms with van der Waals surface area (Å²) in [6.07, 6.45) is 0. The van der Waals surface area contributed by atoms with E-state index in [1.807, 2.05) is 40.7 Å². The van der Waals surface area contributed by atoms with E-state index in [1.54, 1.807) is 31.2 Å². The lowest BCUT2D eigenvalue weighted by molar-refractivity contribution is 0.0358. The smallest absolute Gasteiger partial charge is 0.272 e. The van der Waals surface area contributed by atoms with Crippen molar-refractivity contribution in [2.45, 2.75) is 47.1 Å². The van der Waals surface area contributed by atoms with Gasteiger partial charge in [0.1, 0.15) is 5.75 Å². The van der Waals surface area contributed by atoms with E-state index < -0.39 is 11.4 Å². The predicted molar refractivity (Wildman–Crippen MR) is 102 cm³/mol. The lowest BCUT2D eigenvalue weighted by atomic mass is 10.0. The van der Waals surface area contributed by atoms with Crippen molar-refractivity contribution in [3.63, 3.8) is 0 Å². The number of hydrogen-bond donors (Lipinski definition) is 2. The Bertz CT molecular complexity index is 831. The highest BCUT2D eigenvalue weighted by Gasteiger charge is 2.30. The van der Waals surface area contributed by atoms with E-state index in [2.05, 4.69) is 5.43 Å². The van der Waals surface area contributed by atoms with Gasteiger partial charge in [-0.1, -0.05) is 23.3 Å². The number of carbonyl (C=O) groups excluding carboxylic acids is 2. The van der Waals surface area contributed by atoms with Gasteiger partial charge in [-0.25, -0.2) is 5.01 Å². The molecule has 5 heteroatoms. The molecule has 2 N–H and O–H groups in total. The van der Waals surface area contributed by atoms with Gasteiger partial charge in [-0.15, -0.1) is 0 Å². The van der Waals surface area contributed by atoms with E-state index in [1.165, 1.54) is 11.1 Å². The summed E-state index contributed by atoms with van der Waals surface area (Å²) in [5, 5.41) is 11.2. The summed E-state index contributed by atoms with van der Waals surface area (Å²) >= 11 is 0. The summed E-state index contributed by atoms with van der Waals surface area (Å²) in [5.74, 6) is -0.679. The van der Waals surface area contributed by atoms with Crippen LogP contribution in [-0.4, -0.2) is 27.5 Å². The number of rotatable bonds is 2. The van der Waals surface area contributed by atoms with Crippen LogP contribution in [-0.2, 0) is 0 Å². The molecule has 0 radical (unpaired) electrons. The number of nitrogens with one attached hydrogen (secondary N) is 1. The van der Waals surface area contributed by atoms with Crippen LogP contribution in [0.4, 0.5) is 0 Å². The zero-order chi connectivity index (χ0) is 19.6. The van der Waals surface area contributed by atoms with Crippen LogP contribution >= 0.6 is 0 Å². The second-order valence-electron chi connectivity index (χ2n) is 7.58. The van der Waals surface area contributed by atoms with Crippen LogP contribution in [0.25, 0.3) is 0 Å². The third kappa shape index (κ3) is 4.23. The Labute approximate surface area is 154 Å². The molecule has 0 atom stereocenters. The van der Waals surface area contributed by atoms with E-state index in [0.29, 0.717) is 16.7 Å². The second kappa shape index (κ2) is 7.20. The summed E-state index contributed by atoms with van der Waals surface area (Å²) in [5.41, 5.74) is 5.37. The van der Waals surface area contributed by atoms with Crippen molar-refractivity contribution in [3.05, 3.63) is 64.2 Å². The van der Waals surface area contributed by atoms with E-state index in [-0.39, 0.29) is 11.7 Å². The van der Waals surface area contributed by atoms with Crippen LogP contribution in [0.5, 0.6) is 5.75 Å². The first kappa shape index (κ1) is 19.5. The molecule has 0 fully saturated rings. The summed E-state index contributed by atoms with van der Waals surface area (Å²) in [6.45, 7) is 11.1. The fourth-order valence-electron chi connectivity index (χ4n) is 2.78. The third-order valence-electron chi connectivity index (χ3n) is 4.11. The van der Waals surface area contributed by atoms with E-state index >= 15 is 0 Å². The number of aromatic hydroxyl groups is 1. The highest BCUT2D eigenvalue weighted by atomic mass is 16.3. The molecule has 2 rings (SSSR count). The average Bonchev–Trinajstić information content (AvgIpc) is 2.52. The number of phenolic OH excluding ortho intramolecular Hbond substituents is 1. The molecule has 0 aliphatic carbocycles. The lowest BCUT2D eigenvalue weighted by Crippen LogP contribution is -2.56.